The molecule has 2 N–H and O–H groups in total. The van der Waals surface area contributed by atoms with Crippen molar-refractivity contribution in [1.29, 1.82) is 0 Å². The highest BCUT2D eigenvalue weighted by Gasteiger charge is 2.17. The van der Waals surface area contributed by atoms with Gasteiger partial charge >= 0.3 is 0 Å². The van der Waals surface area contributed by atoms with E-state index in [0.29, 0.717) is 41.0 Å². The van der Waals surface area contributed by atoms with Crippen LogP contribution in [0.3, 0.4) is 0 Å². The van der Waals surface area contributed by atoms with Crippen LogP contribution in [0, 0.1) is 0 Å². The number of benzene rings is 1. The lowest BCUT2D eigenvalue weighted by Crippen LogP contribution is -2.27. The molecular weight excluding hydrogens is 382 g/mol. The Morgan fingerprint density at radius 3 is 2.93 bits per heavy atom. The maximum Gasteiger partial charge on any atom is 0.257 e. The molecule has 0 saturated carbocycles. The van der Waals surface area contributed by atoms with Crippen LogP contribution >= 0.6 is 11.3 Å². The van der Waals surface area contributed by atoms with Gasteiger partial charge in [-0.1, -0.05) is 0 Å². The van der Waals surface area contributed by atoms with E-state index in [-0.39, 0.29) is 31.1 Å². The van der Waals surface area contributed by atoms with Gasteiger partial charge < -0.3 is 19.5 Å². The summed E-state index contributed by atoms with van der Waals surface area (Å²) in [7, 11) is 0. The molecule has 1 aliphatic rings. The van der Waals surface area contributed by atoms with Crippen molar-refractivity contribution >= 4 is 28.3 Å². The smallest absolute Gasteiger partial charge is 0.257 e. The fourth-order valence-corrected chi connectivity index (χ4v) is 3.20. The lowest BCUT2D eigenvalue weighted by atomic mass is 10.2. The zero-order valence-electron chi connectivity index (χ0n) is 15.8. The Kier molecular flexibility index (Phi) is 6.83. The number of rotatable bonds is 9. The number of thiazole rings is 1. The summed E-state index contributed by atoms with van der Waals surface area (Å²) in [6.07, 6.45) is 1.12. The summed E-state index contributed by atoms with van der Waals surface area (Å²) in [5.41, 5.74) is 1.06. The van der Waals surface area contributed by atoms with E-state index < -0.39 is 0 Å². The molecule has 1 aromatic carbocycles. The minimum atomic E-state index is -0.297. The number of aromatic nitrogens is 1. The van der Waals surface area contributed by atoms with Crippen molar-refractivity contribution in [1.82, 2.24) is 10.3 Å². The molecule has 1 aliphatic heterocycles. The highest BCUT2D eigenvalue weighted by Crippen LogP contribution is 2.32. The van der Waals surface area contributed by atoms with Crippen molar-refractivity contribution in [2.45, 2.75) is 32.8 Å². The zero-order valence-corrected chi connectivity index (χ0v) is 16.6. The Morgan fingerprint density at radius 2 is 2.11 bits per heavy atom. The van der Waals surface area contributed by atoms with Crippen LogP contribution in [0.2, 0.25) is 0 Å². The Labute approximate surface area is 167 Å². The number of anilines is 1. The molecule has 0 fully saturated rings. The molecule has 0 radical (unpaired) electrons. The van der Waals surface area contributed by atoms with Crippen LogP contribution < -0.4 is 20.1 Å². The summed E-state index contributed by atoms with van der Waals surface area (Å²) in [5.74, 6) is 0.759. The van der Waals surface area contributed by atoms with E-state index in [1.54, 1.807) is 23.6 Å². The molecule has 0 atom stereocenters. The van der Waals surface area contributed by atoms with E-state index in [4.69, 9.17) is 14.2 Å². The van der Waals surface area contributed by atoms with Gasteiger partial charge in [0.2, 0.25) is 12.7 Å². The van der Waals surface area contributed by atoms with Gasteiger partial charge in [0.15, 0.2) is 16.6 Å². The largest absolute Gasteiger partial charge is 0.454 e. The van der Waals surface area contributed by atoms with Gasteiger partial charge in [-0.3, -0.25) is 14.9 Å². The molecular formula is C19H23N3O5S. The number of hydrogen-bond acceptors (Lipinski definition) is 7. The number of nitrogens with zero attached hydrogens (tertiary/aromatic N) is 1. The Bertz CT molecular complexity index is 837. The first kappa shape index (κ1) is 20.1. The zero-order chi connectivity index (χ0) is 19.9. The molecule has 0 spiro atoms. The van der Waals surface area contributed by atoms with Gasteiger partial charge in [-0.2, -0.15) is 0 Å². The second-order valence-electron chi connectivity index (χ2n) is 6.47. The summed E-state index contributed by atoms with van der Waals surface area (Å²) >= 11 is 1.28. The third-order valence-corrected chi connectivity index (χ3v) is 4.65. The van der Waals surface area contributed by atoms with Crippen molar-refractivity contribution in [3.8, 4) is 11.5 Å². The number of nitrogens with one attached hydrogen (secondary N) is 2. The highest BCUT2D eigenvalue weighted by molar-refractivity contribution is 7.14. The number of fused-ring (bicyclic) bond motifs is 1. The van der Waals surface area contributed by atoms with E-state index >= 15 is 0 Å². The molecule has 28 heavy (non-hydrogen) atoms. The van der Waals surface area contributed by atoms with E-state index in [2.05, 4.69) is 15.6 Å². The first-order valence-corrected chi connectivity index (χ1v) is 9.93. The summed E-state index contributed by atoms with van der Waals surface area (Å²) in [4.78, 5) is 28.6. The van der Waals surface area contributed by atoms with Crippen molar-refractivity contribution in [2.24, 2.45) is 0 Å². The van der Waals surface area contributed by atoms with Crippen LogP contribution in [-0.2, 0) is 16.0 Å². The van der Waals surface area contributed by atoms with Crippen molar-refractivity contribution < 1.29 is 23.8 Å². The summed E-state index contributed by atoms with van der Waals surface area (Å²) in [5, 5.41) is 7.78. The Balaban J connectivity index is 1.45. The van der Waals surface area contributed by atoms with Crippen LogP contribution in [0.25, 0.3) is 0 Å². The van der Waals surface area contributed by atoms with Gasteiger partial charge in [0.25, 0.3) is 5.91 Å². The van der Waals surface area contributed by atoms with Crippen LogP contribution in [0.4, 0.5) is 5.13 Å². The molecule has 3 rings (SSSR count). The predicted molar refractivity (Wildman–Crippen MR) is 105 cm³/mol. The molecule has 0 unspecified atom stereocenters. The van der Waals surface area contributed by atoms with E-state index in [9.17, 15) is 9.59 Å². The van der Waals surface area contributed by atoms with Crippen LogP contribution in [-0.4, -0.2) is 42.8 Å². The summed E-state index contributed by atoms with van der Waals surface area (Å²) in [6, 6.07) is 4.98. The third kappa shape index (κ3) is 5.67. The van der Waals surface area contributed by atoms with Gasteiger partial charge in [-0.15, -0.1) is 11.3 Å². The molecule has 0 aliphatic carbocycles. The fourth-order valence-electron chi connectivity index (χ4n) is 2.50. The Hall–Kier alpha value is -2.65. The number of carbonyl (C=O) groups excluding carboxylic acids is 2. The molecule has 8 nitrogen and oxygen atoms in total. The summed E-state index contributed by atoms with van der Waals surface area (Å²) < 4.78 is 15.9. The molecule has 150 valence electrons. The normalized spacial score (nSPS) is 12.2. The molecule has 2 heterocycles. The van der Waals surface area contributed by atoms with E-state index in [1.165, 1.54) is 11.3 Å². The number of amides is 2. The van der Waals surface area contributed by atoms with E-state index in [1.807, 2.05) is 13.8 Å². The van der Waals surface area contributed by atoms with Crippen LogP contribution in [0.1, 0.15) is 36.3 Å². The summed E-state index contributed by atoms with van der Waals surface area (Å²) in [6.45, 7) is 5.28. The highest BCUT2D eigenvalue weighted by atomic mass is 32.1. The van der Waals surface area contributed by atoms with Crippen LogP contribution in [0.15, 0.2) is 23.6 Å². The molecule has 1 aromatic heterocycles. The maximum atomic E-state index is 12.4. The van der Waals surface area contributed by atoms with Gasteiger partial charge in [-0.05, 0) is 38.5 Å². The molecule has 2 aromatic rings. The van der Waals surface area contributed by atoms with Crippen molar-refractivity contribution in [3.63, 3.8) is 0 Å². The number of carbonyl (C=O) groups is 2. The third-order valence-electron chi connectivity index (χ3n) is 3.84. The van der Waals surface area contributed by atoms with Crippen molar-refractivity contribution in [2.75, 3.05) is 25.3 Å². The minimum Gasteiger partial charge on any atom is -0.454 e. The molecule has 0 bridgehead atoms. The van der Waals surface area contributed by atoms with Crippen molar-refractivity contribution in [3.05, 3.63) is 34.8 Å². The van der Waals surface area contributed by atoms with Gasteiger partial charge in [-0.25, -0.2) is 4.98 Å². The molecule has 9 heteroatoms. The SMILES string of the molecule is CC(C)OCCCNC(=O)Cc1csc(NC(=O)c2ccc3c(c2)OCO3)n1. The number of ether oxygens (including phenoxy) is 3. The fraction of sp³-hybridized carbons (Fsp3) is 0.421. The van der Waals surface area contributed by atoms with Crippen LogP contribution in [0.5, 0.6) is 11.5 Å². The predicted octanol–water partition coefficient (Wildman–Crippen LogP) is 2.60. The lowest BCUT2D eigenvalue weighted by molar-refractivity contribution is -0.120. The van der Waals surface area contributed by atoms with E-state index in [0.717, 1.165) is 6.42 Å². The van der Waals surface area contributed by atoms with Gasteiger partial charge in [0.05, 0.1) is 18.2 Å². The topological polar surface area (TPSA) is 98.8 Å². The average molecular weight is 405 g/mol. The standard InChI is InChI=1S/C19H23N3O5S/c1-12(2)25-7-3-6-20-17(23)9-14-10-28-19(21-14)22-18(24)13-4-5-15-16(8-13)27-11-26-15/h4-5,8,10,12H,3,6-7,9,11H2,1-2H3,(H,20,23)(H,21,22,24). The monoisotopic (exact) mass is 405 g/mol. The molecule has 0 saturated heterocycles. The second kappa shape index (κ2) is 9.52. The van der Waals surface area contributed by atoms with Gasteiger partial charge in [0.1, 0.15) is 0 Å². The minimum absolute atomic E-state index is 0.108. The quantitative estimate of drug-likeness (QED) is 0.622. The average Bonchev–Trinajstić information content (AvgIpc) is 3.29. The number of hydrogen-bond donors (Lipinski definition) is 2. The second-order valence-corrected chi connectivity index (χ2v) is 7.32. The first-order valence-electron chi connectivity index (χ1n) is 9.05. The Morgan fingerprint density at radius 1 is 1.29 bits per heavy atom. The molecule has 2 amide bonds. The first-order chi connectivity index (χ1) is 13.5. The lowest BCUT2D eigenvalue weighted by Gasteiger charge is -2.07. The van der Waals surface area contributed by atoms with Gasteiger partial charge in [0, 0.05) is 24.1 Å². The maximum absolute atomic E-state index is 12.4.